The minimum absolute atomic E-state index is 0.230. The van der Waals surface area contributed by atoms with Gasteiger partial charge in [0.2, 0.25) is 0 Å². The number of nitroso groups, excluding NO2 is 1. The van der Waals surface area contributed by atoms with Gasteiger partial charge in [0.1, 0.15) is 0 Å². The Bertz CT molecular complexity index is 269. The van der Waals surface area contributed by atoms with E-state index >= 15 is 0 Å². The first-order valence-corrected chi connectivity index (χ1v) is 3.34. The van der Waals surface area contributed by atoms with Crippen LogP contribution in [-0.4, -0.2) is 21.9 Å². The Kier molecular flexibility index (Phi) is 2.65. The lowest BCUT2D eigenvalue weighted by Crippen LogP contribution is -2.31. The number of nitrogens with zero attached hydrogens (tertiary/aromatic N) is 2. The molecule has 1 heterocycles. The van der Waals surface area contributed by atoms with Crippen LogP contribution in [0.5, 0.6) is 0 Å². The fourth-order valence-corrected chi connectivity index (χ4v) is 0.783. The summed E-state index contributed by atoms with van der Waals surface area (Å²) in [4.78, 5) is 26.9. The minimum atomic E-state index is -0.884. The van der Waals surface area contributed by atoms with Gasteiger partial charge in [-0.3, -0.25) is 4.79 Å². The van der Waals surface area contributed by atoms with Crippen molar-refractivity contribution in [3.63, 3.8) is 0 Å². The molecule has 6 heteroatoms. The predicted molar refractivity (Wildman–Crippen MR) is 41.1 cm³/mol. The largest absolute Gasteiger partial charge is 0.351 e. The van der Waals surface area contributed by atoms with Gasteiger partial charge in [0.15, 0.2) is 0 Å². The molecule has 12 heavy (non-hydrogen) atoms. The van der Waals surface area contributed by atoms with E-state index in [0.29, 0.717) is 5.69 Å². The number of hydrogen-bond acceptors (Lipinski definition) is 4. The molecule has 1 unspecified atom stereocenters. The van der Waals surface area contributed by atoms with Crippen molar-refractivity contribution in [2.75, 3.05) is 0 Å². The third kappa shape index (κ3) is 1.96. The number of aromatic nitrogens is 2. The van der Waals surface area contributed by atoms with Crippen LogP contribution >= 0.6 is 0 Å². The molecule has 0 aliphatic carbocycles. The Morgan fingerprint density at radius 2 is 2.58 bits per heavy atom. The van der Waals surface area contributed by atoms with Gasteiger partial charge in [-0.2, -0.15) is 0 Å². The fraction of sp³-hybridized carbons (Fsp3) is 0.333. The quantitative estimate of drug-likeness (QED) is 0.598. The molecule has 0 spiro atoms. The number of nitrogens with two attached hydrogens (primary N) is 1. The van der Waals surface area contributed by atoms with Crippen molar-refractivity contribution in [1.82, 2.24) is 9.97 Å². The van der Waals surface area contributed by atoms with Gasteiger partial charge < -0.3 is 10.7 Å². The second-order valence-corrected chi connectivity index (χ2v) is 2.30. The third-order valence-corrected chi connectivity index (χ3v) is 1.39. The second kappa shape index (κ2) is 3.72. The Morgan fingerprint density at radius 1 is 1.83 bits per heavy atom. The summed E-state index contributed by atoms with van der Waals surface area (Å²) in [6.45, 7) is 0. The first kappa shape index (κ1) is 8.54. The van der Waals surface area contributed by atoms with E-state index < -0.39 is 11.9 Å². The number of rotatable bonds is 3. The van der Waals surface area contributed by atoms with Crippen molar-refractivity contribution >= 4 is 5.91 Å². The van der Waals surface area contributed by atoms with Gasteiger partial charge in [-0.05, 0) is 0 Å². The highest BCUT2D eigenvalue weighted by Gasteiger charge is 2.14. The molecule has 1 aromatic rings. The van der Waals surface area contributed by atoms with E-state index in [1.165, 1.54) is 6.33 Å². The molecule has 0 bridgehead atoms. The number of carbonyl (C=O) groups is 1. The molecule has 3 N–H and O–H groups in total. The first-order chi connectivity index (χ1) is 5.74. The average Bonchev–Trinajstić information content (AvgIpc) is 2.55. The molecule has 0 aliphatic rings. The van der Waals surface area contributed by atoms with Crippen molar-refractivity contribution in [1.29, 1.82) is 0 Å². The fourth-order valence-electron chi connectivity index (χ4n) is 0.783. The molecule has 1 rings (SSSR count). The van der Waals surface area contributed by atoms with Gasteiger partial charge in [0, 0.05) is 17.8 Å². The maximum absolute atomic E-state index is 10.6. The maximum Gasteiger partial charge on any atom is 0.303 e. The molecule has 1 aromatic heterocycles. The molecule has 64 valence electrons. The predicted octanol–water partition coefficient (Wildman–Crippen LogP) is -0.428. The zero-order chi connectivity index (χ0) is 8.97. The molecule has 0 radical (unpaired) electrons. The highest BCUT2D eigenvalue weighted by molar-refractivity contribution is 5.82. The average molecular weight is 168 g/mol. The molecule has 0 aliphatic heterocycles. The summed E-state index contributed by atoms with van der Waals surface area (Å²) >= 11 is 0. The first-order valence-electron chi connectivity index (χ1n) is 3.34. The smallest absolute Gasteiger partial charge is 0.303 e. The molecular formula is C6H8N4O2. The van der Waals surface area contributed by atoms with E-state index in [0.717, 1.165) is 0 Å². The lowest BCUT2D eigenvalue weighted by Gasteiger charge is -2.00. The van der Waals surface area contributed by atoms with E-state index in [-0.39, 0.29) is 6.42 Å². The molecular weight excluding hydrogens is 160 g/mol. The van der Waals surface area contributed by atoms with E-state index in [1.807, 2.05) is 0 Å². The van der Waals surface area contributed by atoms with Gasteiger partial charge in [0.05, 0.1) is 18.1 Å². The van der Waals surface area contributed by atoms with Crippen LogP contribution in [0.2, 0.25) is 0 Å². The standard InChI is InChI=1S/C6H8N4O2/c7-5(6(11)10-12)1-4-2-8-3-9-4/h2-3,5H,1,7H2,(H,8,9). The van der Waals surface area contributed by atoms with E-state index in [9.17, 15) is 9.70 Å². The SMILES string of the molecule is NC(Cc1c[nH]cn1)C(=O)N=O. The Morgan fingerprint density at radius 3 is 3.08 bits per heavy atom. The summed E-state index contributed by atoms with van der Waals surface area (Å²) in [5.74, 6) is -0.849. The van der Waals surface area contributed by atoms with Gasteiger partial charge in [-0.15, -0.1) is 4.91 Å². The van der Waals surface area contributed by atoms with Gasteiger partial charge in [-0.1, -0.05) is 0 Å². The molecule has 0 fully saturated rings. The summed E-state index contributed by atoms with van der Waals surface area (Å²) in [5.41, 5.74) is 5.96. The molecule has 1 amide bonds. The van der Waals surface area contributed by atoms with Crippen LogP contribution < -0.4 is 5.73 Å². The highest BCUT2D eigenvalue weighted by atomic mass is 16.3. The summed E-state index contributed by atoms with van der Waals surface area (Å²) in [6, 6.07) is -0.884. The summed E-state index contributed by atoms with van der Waals surface area (Å²) < 4.78 is 0. The van der Waals surface area contributed by atoms with Crippen LogP contribution in [0.1, 0.15) is 5.69 Å². The molecule has 1 atom stereocenters. The lowest BCUT2D eigenvalue weighted by molar-refractivity contribution is -0.119. The third-order valence-electron chi connectivity index (χ3n) is 1.39. The Hall–Kier alpha value is -1.56. The highest BCUT2D eigenvalue weighted by Crippen LogP contribution is 1.97. The summed E-state index contributed by atoms with van der Waals surface area (Å²) in [6.07, 6.45) is 3.31. The van der Waals surface area contributed by atoms with Crippen molar-refractivity contribution < 1.29 is 4.79 Å². The van der Waals surface area contributed by atoms with Crippen LogP contribution in [0, 0.1) is 4.91 Å². The number of imidazole rings is 1. The topological polar surface area (TPSA) is 101 Å². The lowest BCUT2D eigenvalue weighted by atomic mass is 10.2. The van der Waals surface area contributed by atoms with E-state index in [1.54, 1.807) is 6.20 Å². The van der Waals surface area contributed by atoms with Gasteiger partial charge in [-0.25, -0.2) is 4.98 Å². The van der Waals surface area contributed by atoms with Crippen molar-refractivity contribution in [2.45, 2.75) is 12.5 Å². The molecule has 0 saturated carbocycles. The van der Waals surface area contributed by atoms with E-state index in [2.05, 4.69) is 15.1 Å². The van der Waals surface area contributed by atoms with Gasteiger partial charge >= 0.3 is 5.91 Å². The van der Waals surface area contributed by atoms with Crippen LogP contribution in [0.25, 0.3) is 0 Å². The Balaban J connectivity index is 2.52. The van der Waals surface area contributed by atoms with Crippen molar-refractivity contribution in [2.24, 2.45) is 10.9 Å². The summed E-state index contributed by atoms with van der Waals surface area (Å²) in [5, 5.41) is 2.22. The second-order valence-electron chi connectivity index (χ2n) is 2.30. The summed E-state index contributed by atoms with van der Waals surface area (Å²) in [7, 11) is 0. The van der Waals surface area contributed by atoms with Crippen molar-refractivity contribution in [3.8, 4) is 0 Å². The Labute approximate surface area is 68.2 Å². The monoisotopic (exact) mass is 168 g/mol. The van der Waals surface area contributed by atoms with Crippen LogP contribution in [0.15, 0.2) is 17.7 Å². The number of H-pyrrole nitrogens is 1. The van der Waals surface area contributed by atoms with Crippen LogP contribution in [0.4, 0.5) is 0 Å². The zero-order valence-corrected chi connectivity index (χ0v) is 6.23. The van der Waals surface area contributed by atoms with E-state index in [4.69, 9.17) is 5.73 Å². The number of aromatic amines is 1. The molecule has 6 nitrogen and oxygen atoms in total. The number of hydrogen-bond donors (Lipinski definition) is 2. The number of carbonyl (C=O) groups excluding carboxylic acids is 1. The van der Waals surface area contributed by atoms with Crippen molar-refractivity contribution in [3.05, 3.63) is 23.1 Å². The normalized spacial score (nSPS) is 12.4. The van der Waals surface area contributed by atoms with Crippen LogP contribution in [0.3, 0.4) is 0 Å². The zero-order valence-electron chi connectivity index (χ0n) is 6.23. The maximum atomic E-state index is 10.6. The van der Waals surface area contributed by atoms with Gasteiger partial charge in [0.25, 0.3) is 0 Å². The minimum Gasteiger partial charge on any atom is -0.351 e. The number of amides is 1. The molecule has 0 saturated heterocycles. The number of nitrogens with one attached hydrogen (secondary N) is 1. The van der Waals surface area contributed by atoms with Crippen LogP contribution in [-0.2, 0) is 11.2 Å². The molecule has 0 aromatic carbocycles.